The second-order valence-electron chi connectivity index (χ2n) is 4.43. The molecule has 0 spiro atoms. The van der Waals surface area contributed by atoms with Gasteiger partial charge in [0.25, 0.3) is 5.91 Å². The maximum absolute atomic E-state index is 12.4. The van der Waals surface area contributed by atoms with Crippen molar-refractivity contribution in [2.24, 2.45) is 0 Å². The molecule has 5 heteroatoms. The maximum Gasteiger partial charge on any atom is 0.254 e. The van der Waals surface area contributed by atoms with E-state index in [1.165, 1.54) is 0 Å². The van der Waals surface area contributed by atoms with Gasteiger partial charge in [0.15, 0.2) is 0 Å². The van der Waals surface area contributed by atoms with Gasteiger partial charge in [-0.05, 0) is 24.6 Å². The summed E-state index contributed by atoms with van der Waals surface area (Å²) in [4.78, 5) is 14.9. The predicted molar refractivity (Wildman–Crippen MR) is 71.2 cm³/mol. The first-order chi connectivity index (χ1) is 8.61. The Bertz CT molecular complexity index is 450. The number of carbonyl (C=O) groups excluding carboxylic acids is 1. The third-order valence-corrected chi connectivity index (χ3v) is 3.36. The smallest absolute Gasteiger partial charge is 0.254 e. The Kier molecular flexibility index (Phi) is 4.27. The first-order valence-corrected chi connectivity index (χ1v) is 6.38. The fourth-order valence-corrected chi connectivity index (χ4v) is 2.23. The van der Waals surface area contributed by atoms with Crippen LogP contribution in [0.2, 0.25) is 0 Å². The lowest BCUT2D eigenvalue weighted by Gasteiger charge is -2.32. The van der Waals surface area contributed by atoms with E-state index in [1.807, 2.05) is 19.1 Å². The van der Waals surface area contributed by atoms with Crippen LogP contribution in [0, 0.1) is 6.92 Å². The van der Waals surface area contributed by atoms with Gasteiger partial charge in [0.1, 0.15) is 0 Å². The molecule has 2 rings (SSSR count). The average molecular weight is 267 g/mol. The van der Waals surface area contributed by atoms with Crippen LogP contribution in [-0.2, 0) is 4.74 Å². The fraction of sp³-hybridized carbons (Fsp3) is 0.462. The van der Waals surface area contributed by atoms with Gasteiger partial charge < -0.3 is 14.7 Å². The van der Waals surface area contributed by atoms with E-state index in [4.69, 9.17) is 9.84 Å². The first kappa shape index (κ1) is 13.4. The fourth-order valence-electron chi connectivity index (χ4n) is 2.03. The van der Waals surface area contributed by atoms with Crippen LogP contribution in [0.25, 0.3) is 0 Å². The SMILES string of the molecule is Cc1ccc(S)cc1C(=O)N1CCOC(CO)C1. The molecule has 0 saturated carbocycles. The number of benzene rings is 1. The number of morpholine rings is 1. The molecular weight excluding hydrogens is 250 g/mol. The number of aryl methyl sites for hydroxylation is 1. The van der Waals surface area contributed by atoms with E-state index in [2.05, 4.69) is 12.6 Å². The largest absolute Gasteiger partial charge is 0.394 e. The molecule has 1 aromatic rings. The van der Waals surface area contributed by atoms with Crippen LogP contribution in [0.3, 0.4) is 0 Å². The van der Waals surface area contributed by atoms with Crippen molar-refractivity contribution < 1.29 is 14.6 Å². The van der Waals surface area contributed by atoms with Crippen LogP contribution < -0.4 is 0 Å². The van der Waals surface area contributed by atoms with Crippen molar-refractivity contribution in [2.45, 2.75) is 17.9 Å². The van der Waals surface area contributed by atoms with Crippen molar-refractivity contribution in [1.29, 1.82) is 0 Å². The van der Waals surface area contributed by atoms with Crippen molar-refractivity contribution in [2.75, 3.05) is 26.3 Å². The zero-order chi connectivity index (χ0) is 13.1. The van der Waals surface area contributed by atoms with E-state index in [0.29, 0.717) is 25.3 Å². The van der Waals surface area contributed by atoms with Gasteiger partial charge in [-0.2, -0.15) is 0 Å². The standard InChI is InChI=1S/C13H17NO3S/c1-9-2-3-11(18)6-12(9)13(16)14-4-5-17-10(7-14)8-15/h2-3,6,10,15,18H,4-5,7-8H2,1H3. The van der Waals surface area contributed by atoms with Gasteiger partial charge in [-0.15, -0.1) is 12.6 Å². The number of thiol groups is 1. The van der Waals surface area contributed by atoms with E-state index in [0.717, 1.165) is 10.5 Å². The number of aliphatic hydroxyl groups excluding tert-OH is 1. The molecule has 0 radical (unpaired) electrons. The Morgan fingerprint density at radius 2 is 2.39 bits per heavy atom. The van der Waals surface area contributed by atoms with Crippen LogP contribution in [0.4, 0.5) is 0 Å². The molecule has 1 N–H and O–H groups in total. The second-order valence-corrected chi connectivity index (χ2v) is 4.94. The second kappa shape index (κ2) is 5.73. The van der Waals surface area contributed by atoms with Crippen LogP contribution in [0.15, 0.2) is 23.1 Å². The number of amides is 1. The van der Waals surface area contributed by atoms with E-state index in [-0.39, 0.29) is 18.6 Å². The van der Waals surface area contributed by atoms with E-state index < -0.39 is 0 Å². The molecule has 0 aliphatic carbocycles. The Morgan fingerprint density at radius 3 is 3.11 bits per heavy atom. The number of ether oxygens (including phenoxy) is 1. The van der Waals surface area contributed by atoms with Crippen LogP contribution in [0.5, 0.6) is 0 Å². The summed E-state index contributed by atoms with van der Waals surface area (Å²) in [7, 11) is 0. The molecule has 98 valence electrons. The first-order valence-electron chi connectivity index (χ1n) is 5.93. The number of hydrogen-bond acceptors (Lipinski definition) is 4. The highest BCUT2D eigenvalue weighted by atomic mass is 32.1. The molecule has 1 atom stereocenters. The number of nitrogens with zero attached hydrogens (tertiary/aromatic N) is 1. The third kappa shape index (κ3) is 2.85. The minimum absolute atomic E-state index is 0.0230. The molecular formula is C13H17NO3S. The Morgan fingerprint density at radius 1 is 1.61 bits per heavy atom. The molecule has 1 aliphatic heterocycles. The maximum atomic E-state index is 12.4. The highest BCUT2D eigenvalue weighted by Gasteiger charge is 2.25. The number of rotatable bonds is 2. The molecule has 0 aromatic heterocycles. The molecule has 1 amide bonds. The van der Waals surface area contributed by atoms with Crippen molar-refractivity contribution in [3.05, 3.63) is 29.3 Å². The highest BCUT2D eigenvalue weighted by molar-refractivity contribution is 7.80. The monoisotopic (exact) mass is 267 g/mol. The topological polar surface area (TPSA) is 49.8 Å². The van der Waals surface area contributed by atoms with Crippen molar-refractivity contribution in [1.82, 2.24) is 4.90 Å². The summed E-state index contributed by atoms with van der Waals surface area (Å²) in [6.45, 7) is 3.31. The van der Waals surface area contributed by atoms with Gasteiger partial charge in [-0.25, -0.2) is 0 Å². The Balaban J connectivity index is 2.17. The lowest BCUT2D eigenvalue weighted by atomic mass is 10.1. The molecule has 1 unspecified atom stereocenters. The lowest BCUT2D eigenvalue weighted by molar-refractivity contribution is -0.0447. The average Bonchev–Trinajstić information content (AvgIpc) is 2.41. The minimum atomic E-state index is -0.276. The highest BCUT2D eigenvalue weighted by Crippen LogP contribution is 2.17. The Labute approximate surface area is 112 Å². The molecule has 18 heavy (non-hydrogen) atoms. The number of hydrogen-bond donors (Lipinski definition) is 2. The minimum Gasteiger partial charge on any atom is -0.394 e. The van der Waals surface area contributed by atoms with Gasteiger partial charge in [-0.3, -0.25) is 4.79 Å². The molecule has 1 heterocycles. The van der Waals surface area contributed by atoms with Crippen LogP contribution in [-0.4, -0.2) is 48.3 Å². The predicted octanol–water partition coefficient (Wildman–Crippen LogP) is 1.12. The van der Waals surface area contributed by atoms with Crippen molar-refractivity contribution in [3.63, 3.8) is 0 Å². The summed E-state index contributed by atoms with van der Waals surface area (Å²) in [5.41, 5.74) is 1.60. The van der Waals surface area contributed by atoms with Gasteiger partial charge in [0, 0.05) is 23.5 Å². The van der Waals surface area contributed by atoms with Crippen molar-refractivity contribution in [3.8, 4) is 0 Å². The quantitative estimate of drug-likeness (QED) is 0.789. The molecule has 1 saturated heterocycles. The zero-order valence-corrected chi connectivity index (χ0v) is 11.2. The summed E-state index contributed by atoms with van der Waals surface area (Å²) in [6.07, 6.45) is -0.276. The molecule has 0 bridgehead atoms. The third-order valence-electron chi connectivity index (χ3n) is 3.08. The summed E-state index contributed by atoms with van der Waals surface area (Å²) in [5, 5.41) is 9.08. The lowest BCUT2D eigenvalue weighted by Crippen LogP contribution is -2.47. The summed E-state index contributed by atoms with van der Waals surface area (Å²) >= 11 is 4.26. The summed E-state index contributed by atoms with van der Waals surface area (Å²) in [5.74, 6) is -0.0230. The van der Waals surface area contributed by atoms with E-state index in [1.54, 1.807) is 11.0 Å². The van der Waals surface area contributed by atoms with Gasteiger partial charge in [0.05, 0.1) is 19.3 Å². The molecule has 1 aromatic carbocycles. The zero-order valence-electron chi connectivity index (χ0n) is 10.3. The molecule has 1 aliphatic rings. The molecule has 4 nitrogen and oxygen atoms in total. The van der Waals surface area contributed by atoms with E-state index in [9.17, 15) is 4.79 Å². The van der Waals surface area contributed by atoms with Gasteiger partial charge in [0.2, 0.25) is 0 Å². The number of carbonyl (C=O) groups is 1. The van der Waals surface area contributed by atoms with Crippen molar-refractivity contribution >= 4 is 18.5 Å². The Hall–Kier alpha value is -1.04. The van der Waals surface area contributed by atoms with Crippen LogP contribution >= 0.6 is 12.6 Å². The normalized spacial score (nSPS) is 19.9. The summed E-state index contributed by atoms with van der Waals surface area (Å²) in [6, 6.07) is 5.54. The number of aliphatic hydroxyl groups is 1. The van der Waals surface area contributed by atoms with Gasteiger partial charge in [-0.1, -0.05) is 6.07 Å². The molecule has 1 fully saturated rings. The summed E-state index contributed by atoms with van der Waals surface area (Å²) < 4.78 is 5.34. The van der Waals surface area contributed by atoms with Crippen LogP contribution in [0.1, 0.15) is 15.9 Å². The van der Waals surface area contributed by atoms with Gasteiger partial charge >= 0.3 is 0 Å². The van der Waals surface area contributed by atoms with E-state index >= 15 is 0 Å².